The Kier molecular flexibility index (Phi) is 2.44. The van der Waals surface area contributed by atoms with Crippen molar-refractivity contribution in [3.63, 3.8) is 0 Å². The molecule has 0 fully saturated rings. The molecule has 0 saturated carbocycles. The van der Waals surface area contributed by atoms with Crippen molar-refractivity contribution < 1.29 is 8.42 Å². The topological polar surface area (TPSA) is 62.8 Å². The monoisotopic (exact) mass is 342 g/mol. The molecule has 4 nitrogen and oxygen atoms in total. The van der Waals surface area contributed by atoms with Gasteiger partial charge in [0.2, 0.25) is 0 Å². The van der Waals surface area contributed by atoms with Crippen LogP contribution in [0.3, 0.4) is 0 Å². The van der Waals surface area contributed by atoms with E-state index in [2.05, 4.69) is 9.97 Å². The van der Waals surface area contributed by atoms with E-state index in [1.807, 2.05) is 22.6 Å². The van der Waals surface area contributed by atoms with Crippen LogP contribution in [0.1, 0.15) is 0 Å². The first-order valence-corrected chi connectivity index (χ1v) is 6.95. The van der Waals surface area contributed by atoms with E-state index in [0.717, 1.165) is 5.52 Å². The van der Waals surface area contributed by atoms with Crippen LogP contribution < -0.4 is 0 Å². The van der Waals surface area contributed by atoms with E-state index in [1.165, 1.54) is 12.4 Å². The molecule has 0 bridgehead atoms. The standard InChI is InChI=1S/C7H4ClIN2O2S/c8-14(12,13)5-2-1-4-7(6(5)9)11-3-10-4/h1-3H,(H,10,11). The SMILES string of the molecule is O=S(=O)(Cl)c1ccc2[nH]cnc2c1I. The van der Waals surface area contributed by atoms with Gasteiger partial charge in [-0.15, -0.1) is 0 Å². The number of hydrogen-bond acceptors (Lipinski definition) is 3. The predicted molar refractivity (Wildman–Crippen MR) is 61.8 cm³/mol. The number of aromatic amines is 1. The van der Waals surface area contributed by atoms with Gasteiger partial charge in [0.05, 0.1) is 20.3 Å². The summed E-state index contributed by atoms with van der Waals surface area (Å²) in [6.07, 6.45) is 1.51. The maximum Gasteiger partial charge on any atom is 0.262 e. The fraction of sp³-hybridized carbons (Fsp3) is 0. The van der Waals surface area contributed by atoms with Gasteiger partial charge in [-0.1, -0.05) is 0 Å². The van der Waals surface area contributed by atoms with Gasteiger partial charge in [0, 0.05) is 10.7 Å². The van der Waals surface area contributed by atoms with Crippen molar-refractivity contribution in [1.29, 1.82) is 0 Å². The summed E-state index contributed by atoms with van der Waals surface area (Å²) in [5, 5.41) is 0. The highest BCUT2D eigenvalue weighted by molar-refractivity contribution is 14.1. The average Bonchev–Trinajstić information content (AvgIpc) is 2.50. The van der Waals surface area contributed by atoms with Crippen molar-refractivity contribution in [2.24, 2.45) is 0 Å². The molecule has 0 aliphatic carbocycles. The first-order chi connectivity index (χ1) is 6.50. The van der Waals surface area contributed by atoms with Crippen molar-refractivity contribution in [2.75, 3.05) is 0 Å². The molecule has 0 saturated heterocycles. The molecule has 14 heavy (non-hydrogen) atoms. The van der Waals surface area contributed by atoms with Crippen LogP contribution in [0, 0.1) is 3.57 Å². The van der Waals surface area contributed by atoms with E-state index in [1.54, 1.807) is 6.07 Å². The smallest absolute Gasteiger partial charge is 0.262 e. The number of H-pyrrole nitrogens is 1. The van der Waals surface area contributed by atoms with E-state index in [4.69, 9.17) is 10.7 Å². The van der Waals surface area contributed by atoms with E-state index < -0.39 is 9.05 Å². The Balaban J connectivity index is 2.88. The van der Waals surface area contributed by atoms with Crippen LogP contribution in [0.2, 0.25) is 0 Å². The van der Waals surface area contributed by atoms with Gasteiger partial charge in [0.15, 0.2) is 0 Å². The molecule has 0 aliphatic rings. The van der Waals surface area contributed by atoms with E-state index in [-0.39, 0.29) is 4.90 Å². The van der Waals surface area contributed by atoms with Crippen LogP contribution in [0.4, 0.5) is 0 Å². The second-order valence-electron chi connectivity index (χ2n) is 2.61. The van der Waals surface area contributed by atoms with Gasteiger partial charge in [-0.25, -0.2) is 13.4 Å². The van der Waals surface area contributed by atoms with Crippen molar-refractivity contribution in [1.82, 2.24) is 9.97 Å². The van der Waals surface area contributed by atoms with Gasteiger partial charge in [0.25, 0.3) is 9.05 Å². The molecule has 0 amide bonds. The molecule has 1 aromatic carbocycles. The predicted octanol–water partition coefficient (Wildman–Crippen LogP) is 2.09. The molecule has 0 spiro atoms. The third-order valence-electron chi connectivity index (χ3n) is 1.76. The zero-order chi connectivity index (χ0) is 10.3. The zero-order valence-electron chi connectivity index (χ0n) is 6.66. The minimum atomic E-state index is -3.69. The lowest BCUT2D eigenvalue weighted by molar-refractivity contribution is 0.609. The number of nitrogens with zero attached hydrogens (tertiary/aromatic N) is 1. The maximum atomic E-state index is 11.1. The summed E-state index contributed by atoms with van der Waals surface area (Å²) in [4.78, 5) is 6.99. The molecule has 0 unspecified atom stereocenters. The van der Waals surface area contributed by atoms with E-state index in [9.17, 15) is 8.42 Å². The first-order valence-electron chi connectivity index (χ1n) is 3.56. The number of nitrogens with one attached hydrogen (secondary N) is 1. The summed E-state index contributed by atoms with van der Waals surface area (Å²) < 4.78 is 22.8. The molecule has 0 radical (unpaired) electrons. The molecule has 1 aromatic heterocycles. The molecule has 0 aliphatic heterocycles. The van der Waals surface area contributed by atoms with Crippen molar-refractivity contribution in [2.45, 2.75) is 4.90 Å². The lowest BCUT2D eigenvalue weighted by Gasteiger charge is -1.99. The van der Waals surface area contributed by atoms with Gasteiger partial charge in [-0.2, -0.15) is 0 Å². The van der Waals surface area contributed by atoms with Gasteiger partial charge < -0.3 is 4.98 Å². The number of rotatable bonds is 1. The highest BCUT2D eigenvalue weighted by atomic mass is 127. The molecule has 2 aromatic rings. The Morgan fingerprint density at radius 2 is 2.14 bits per heavy atom. The molecular weight excluding hydrogens is 339 g/mol. The Bertz CT molecular complexity index is 593. The lowest BCUT2D eigenvalue weighted by atomic mass is 10.3. The first kappa shape index (κ1) is 10.2. The summed E-state index contributed by atoms with van der Waals surface area (Å²) in [7, 11) is 1.57. The number of hydrogen-bond donors (Lipinski definition) is 1. The number of aromatic nitrogens is 2. The van der Waals surface area contributed by atoms with Crippen LogP contribution >= 0.6 is 33.3 Å². The summed E-state index contributed by atoms with van der Waals surface area (Å²) in [6, 6.07) is 3.10. The van der Waals surface area contributed by atoms with Gasteiger partial charge >= 0.3 is 0 Å². The molecule has 1 heterocycles. The van der Waals surface area contributed by atoms with Gasteiger partial charge in [-0.05, 0) is 34.7 Å². The second kappa shape index (κ2) is 3.35. The summed E-state index contributed by atoms with van der Waals surface area (Å²) >= 11 is 1.91. The molecule has 1 N–H and O–H groups in total. The van der Waals surface area contributed by atoms with Crippen LogP contribution in [0.5, 0.6) is 0 Å². The Morgan fingerprint density at radius 3 is 2.79 bits per heavy atom. The number of imidazole rings is 1. The number of fused-ring (bicyclic) bond motifs is 1. The van der Waals surface area contributed by atoms with Crippen LogP contribution in [0.25, 0.3) is 11.0 Å². The zero-order valence-corrected chi connectivity index (χ0v) is 10.4. The number of benzene rings is 1. The highest BCUT2D eigenvalue weighted by Crippen LogP contribution is 2.27. The van der Waals surface area contributed by atoms with Crippen molar-refractivity contribution in [3.05, 3.63) is 22.0 Å². The molecule has 2 rings (SSSR count). The van der Waals surface area contributed by atoms with Crippen molar-refractivity contribution in [3.8, 4) is 0 Å². The van der Waals surface area contributed by atoms with E-state index in [0.29, 0.717) is 9.09 Å². The fourth-order valence-electron chi connectivity index (χ4n) is 1.14. The van der Waals surface area contributed by atoms with Crippen LogP contribution in [-0.2, 0) is 9.05 Å². The Hall–Kier alpha value is -0.340. The maximum absolute atomic E-state index is 11.1. The van der Waals surface area contributed by atoms with Crippen LogP contribution in [-0.4, -0.2) is 18.4 Å². The molecule has 0 atom stereocenters. The van der Waals surface area contributed by atoms with Crippen LogP contribution in [0.15, 0.2) is 23.4 Å². The summed E-state index contributed by atoms with van der Waals surface area (Å²) in [5.74, 6) is 0. The van der Waals surface area contributed by atoms with Gasteiger partial charge in [-0.3, -0.25) is 0 Å². The molecular formula is C7H4ClIN2O2S. The average molecular weight is 343 g/mol. The Morgan fingerprint density at radius 1 is 1.43 bits per heavy atom. The lowest BCUT2D eigenvalue weighted by Crippen LogP contribution is -1.94. The largest absolute Gasteiger partial charge is 0.345 e. The molecule has 7 heteroatoms. The van der Waals surface area contributed by atoms with Gasteiger partial charge in [0.1, 0.15) is 5.52 Å². The minimum Gasteiger partial charge on any atom is -0.345 e. The normalized spacial score (nSPS) is 12.1. The highest BCUT2D eigenvalue weighted by Gasteiger charge is 2.17. The summed E-state index contributed by atoms with van der Waals surface area (Å²) in [5.41, 5.74) is 1.41. The third-order valence-corrected chi connectivity index (χ3v) is 4.58. The molecule has 74 valence electrons. The Labute approximate surface area is 98.2 Å². The fourth-order valence-corrected chi connectivity index (χ4v) is 3.94. The van der Waals surface area contributed by atoms with E-state index >= 15 is 0 Å². The third kappa shape index (κ3) is 1.61. The minimum absolute atomic E-state index is 0.0966. The second-order valence-corrected chi connectivity index (χ2v) is 6.23. The summed E-state index contributed by atoms with van der Waals surface area (Å²) in [6.45, 7) is 0. The quantitative estimate of drug-likeness (QED) is 0.638. The number of halogens is 2. The van der Waals surface area contributed by atoms with Crippen molar-refractivity contribution >= 4 is 53.4 Å².